The molecule has 0 unspecified atom stereocenters. The largest absolute Gasteiger partial charge is 0.397 e. The summed E-state index contributed by atoms with van der Waals surface area (Å²) in [6.45, 7) is 0.289. The van der Waals surface area contributed by atoms with Gasteiger partial charge in [0, 0.05) is 24.2 Å². The fourth-order valence-corrected chi connectivity index (χ4v) is 2.33. The number of hydrogen-bond donors (Lipinski definition) is 2. The van der Waals surface area contributed by atoms with E-state index in [-0.39, 0.29) is 24.4 Å². The topological polar surface area (TPSA) is 77.1 Å². The zero-order valence-electron chi connectivity index (χ0n) is 11.0. The number of nitrogens with zero attached hydrogens (tertiary/aromatic N) is 1. The quantitative estimate of drug-likeness (QED) is 0.812. The normalized spacial score (nSPS) is 10.4. The summed E-state index contributed by atoms with van der Waals surface area (Å²) >= 11 is 8.95. The van der Waals surface area contributed by atoms with E-state index in [4.69, 9.17) is 17.3 Å². The number of carbonyl (C=O) groups excluding carboxylic acids is 1. The van der Waals surface area contributed by atoms with E-state index in [1.54, 1.807) is 36.5 Å². The molecule has 7 heteroatoms. The van der Waals surface area contributed by atoms with E-state index in [0.717, 1.165) is 0 Å². The van der Waals surface area contributed by atoms with Crippen molar-refractivity contribution in [2.75, 3.05) is 11.1 Å². The van der Waals surface area contributed by atoms with Crippen LogP contribution in [0.25, 0.3) is 0 Å². The van der Waals surface area contributed by atoms with E-state index in [1.165, 1.54) is 4.57 Å². The third-order valence-electron chi connectivity index (χ3n) is 2.84. The standard InChI is InChI=1S/C14H13BrClN3O2/c15-10-2-1-6-19(14(10)21)7-5-13(20)18-12-4-3-9(16)8-11(12)17/h1-4,6,8H,5,7,17H2,(H,18,20). The number of nitrogens with one attached hydrogen (secondary N) is 1. The Morgan fingerprint density at radius 2 is 2.14 bits per heavy atom. The second-order valence-electron chi connectivity index (χ2n) is 4.38. The Kier molecular flexibility index (Phi) is 5.03. The van der Waals surface area contributed by atoms with E-state index in [1.807, 2.05) is 0 Å². The summed E-state index contributed by atoms with van der Waals surface area (Å²) in [4.78, 5) is 23.7. The van der Waals surface area contributed by atoms with E-state index in [2.05, 4.69) is 21.2 Å². The predicted octanol–water partition coefficient (Wildman–Crippen LogP) is 2.88. The van der Waals surface area contributed by atoms with Crippen LogP contribution < -0.4 is 16.6 Å². The molecule has 1 aromatic carbocycles. The second-order valence-corrected chi connectivity index (χ2v) is 5.68. The first-order valence-electron chi connectivity index (χ1n) is 6.17. The number of nitrogen functional groups attached to an aromatic ring is 1. The molecule has 0 aliphatic rings. The SMILES string of the molecule is Nc1cc(Cl)ccc1NC(=O)CCn1cccc(Br)c1=O. The number of anilines is 2. The summed E-state index contributed by atoms with van der Waals surface area (Å²) < 4.78 is 1.93. The average molecular weight is 371 g/mol. The Morgan fingerprint density at radius 3 is 2.86 bits per heavy atom. The van der Waals surface area contributed by atoms with Crippen LogP contribution in [0.1, 0.15) is 6.42 Å². The minimum atomic E-state index is -0.226. The van der Waals surface area contributed by atoms with Crippen LogP contribution in [0.15, 0.2) is 45.8 Å². The molecule has 0 saturated carbocycles. The van der Waals surface area contributed by atoms with Gasteiger partial charge in [-0.05, 0) is 46.3 Å². The Labute approximate surface area is 134 Å². The van der Waals surface area contributed by atoms with E-state index >= 15 is 0 Å². The van der Waals surface area contributed by atoms with E-state index < -0.39 is 0 Å². The Hall–Kier alpha value is -1.79. The van der Waals surface area contributed by atoms with Crippen LogP contribution in [-0.2, 0) is 11.3 Å². The van der Waals surface area contributed by atoms with Crippen LogP contribution in [0.3, 0.4) is 0 Å². The van der Waals surface area contributed by atoms with Gasteiger partial charge in [-0.25, -0.2) is 0 Å². The highest BCUT2D eigenvalue weighted by Gasteiger charge is 2.07. The van der Waals surface area contributed by atoms with Crippen molar-refractivity contribution < 1.29 is 4.79 Å². The Balaban J connectivity index is 1.99. The van der Waals surface area contributed by atoms with Gasteiger partial charge in [0.05, 0.1) is 15.8 Å². The van der Waals surface area contributed by atoms with Gasteiger partial charge in [0.25, 0.3) is 5.56 Å². The maximum atomic E-state index is 11.9. The number of halogens is 2. The van der Waals surface area contributed by atoms with Crippen LogP contribution in [0.2, 0.25) is 5.02 Å². The van der Waals surface area contributed by atoms with Crippen molar-refractivity contribution in [3.8, 4) is 0 Å². The first-order chi connectivity index (χ1) is 9.97. The summed E-state index contributed by atoms with van der Waals surface area (Å²) in [5.74, 6) is -0.226. The maximum Gasteiger partial charge on any atom is 0.264 e. The van der Waals surface area contributed by atoms with Gasteiger partial charge in [0.2, 0.25) is 5.91 Å². The second kappa shape index (κ2) is 6.78. The molecule has 0 spiro atoms. The van der Waals surface area contributed by atoms with Gasteiger partial charge >= 0.3 is 0 Å². The van der Waals surface area contributed by atoms with Crippen molar-refractivity contribution >= 4 is 44.8 Å². The molecule has 1 aromatic heterocycles. The van der Waals surface area contributed by atoms with Gasteiger partial charge in [-0.2, -0.15) is 0 Å². The minimum Gasteiger partial charge on any atom is -0.397 e. The molecule has 1 amide bonds. The van der Waals surface area contributed by atoms with Crippen molar-refractivity contribution in [2.45, 2.75) is 13.0 Å². The number of nitrogens with two attached hydrogens (primary N) is 1. The molecule has 0 saturated heterocycles. The van der Waals surface area contributed by atoms with Crippen LogP contribution in [0, 0.1) is 0 Å². The molecule has 0 aliphatic carbocycles. The zero-order valence-corrected chi connectivity index (χ0v) is 13.3. The van der Waals surface area contributed by atoms with Gasteiger partial charge in [0.1, 0.15) is 0 Å². The highest BCUT2D eigenvalue weighted by molar-refractivity contribution is 9.10. The average Bonchev–Trinajstić information content (AvgIpc) is 2.43. The molecule has 0 fully saturated rings. The lowest BCUT2D eigenvalue weighted by molar-refractivity contribution is -0.116. The Bertz CT molecular complexity index is 730. The monoisotopic (exact) mass is 369 g/mol. The molecule has 0 bridgehead atoms. The van der Waals surface area contributed by atoms with Crippen molar-refractivity contribution in [3.63, 3.8) is 0 Å². The van der Waals surface area contributed by atoms with E-state index in [0.29, 0.717) is 20.9 Å². The van der Waals surface area contributed by atoms with Crippen LogP contribution in [0.4, 0.5) is 11.4 Å². The highest BCUT2D eigenvalue weighted by Crippen LogP contribution is 2.22. The summed E-state index contributed by atoms with van der Waals surface area (Å²) in [6.07, 6.45) is 1.80. The number of benzene rings is 1. The van der Waals surface area contributed by atoms with Crippen molar-refractivity contribution in [1.82, 2.24) is 4.57 Å². The van der Waals surface area contributed by atoms with Crippen molar-refractivity contribution in [3.05, 3.63) is 56.4 Å². The van der Waals surface area contributed by atoms with Gasteiger partial charge in [0.15, 0.2) is 0 Å². The van der Waals surface area contributed by atoms with Crippen LogP contribution in [-0.4, -0.2) is 10.5 Å². The van der Waals surface area contributed by atoms with Gasteiger partial charge in [-0.3, -0.25) is 9.59 Å². The summed E-state index contributed by atoms with van der Waals surface area (Å²) in [5, 5.41) is 3.20. The number of aryl methyl sites for hydroxylation is 1. The molecule has 2 rings (SSSR count). The molecule has 21 heavy (non-hydrogen) atoms. The van der Waals surface area contributed by atoms with E-state index in [9.17, 15) is 9.59 Å². The molecule has 0 aliphatic heterocycles. The summed E-state index contributed by atoms with van der Waals surface area (Å²) in [7, 11) is 0. The number of amides is 1. The van der Waals surface area contributed by atoms with Crippen molar-refractivity contribution in [2.24, 2.45) is 0 Å². The first kappa shape index (κ1) is 15.6. The molecule has 110 valence electrons. The smallest absolute Gasteiger partial charge is 0.264 e. The van der Waals surface area contributed by atoms with Crippen molar-refractivity contribution in [1.29, 1.82) is 0 Å². The third-order valence-corrected chi connectivity index (χ3v) is 3.68. The van der Waals surface area contributed by atoms with Crippen LogP contribution >= 0.6 is 27.5 Å². The lowest BCUT2D eigenvalue weighted by atomic mass is 10.2. The molecule has 5 nitrogen and oxygen atoms in total. The van der Waals surface area contributed by atoms with Gasteiger partial charge in [-0.15, -0.1) is 0 Å². The number of rotatable bonds is 4. The predicted molar refractivity (Wildman–Crippen MR) is 87.5 cm³/mol. The number of hydrogen-bond acceptors (Lipinski definition) is 3. The minimum absolute atomic E-state index is 0.165. The lowest BCUT2D eigenvalue weighted by Crippen LogP contribution is -2.23. The van der Waals surface area contributed by atoms with Crippen LogP contribution in [0.5, 0.6) is 0 Å². The molecule has 1 heterocycles. The highest BCUT2D eigenvalue weighted by atomic mass is 79.9. The Morgan fingerprint density at radius 1 is 1.38 bits per heavy atom. The number of carbonyl (C=O) groups is 1. The van der Waals surface area contributed by atoms with Gasteiger partial charge < -0.3 is 15.6 Å². The molecular weight excluding hydrogens is 358 g/mol. The maximum absolute atomic E-state index is 11.9. The molecule has 3 N–H and O–H groups in total. The number of pyridine rings is 1. The summed E-state index contributed by atoms with van der Waals surface area (Å²) in [6, 6.07) is 8.25. The molecular formula is C14H13BrClN3O2. The zero-order chi connectivity index (χ0) is 15.4. The number of aromatic nitrogens is 1. The molecule has 0 atom stereocenters. The summed E-state index contributed by atoms with van der Waals surface area (Å²) in [5.41, 5.74) is 6.49. The lowest BCUT2D eigenvalue weighted by Gasteiger charge is -2.09. The van der Waals surface area contributed by atoms with Gasteiger partial charge in [-0.1, -0.05) is 11.6 Å². The third kappa shape index (κ3) is 4.09. The fraction of sp³-hybridized carbons (Fsp3) is 0.143. The fourth-order valence-electron chi connectivity index (χ4n) is 1.77. The first-order valence-corrected chi connectivity index (χ1v) is 7.34. The molecule has 2 aromatic rings. The molecule has 0 radical (unpaired) electrons.